The summed E-state index contributed by atoms with van der Waals surface area (Å²) in [4.78, 5) is 4.55. The van der Waals surface area contributed by atoms with Crippen LogP contribution in [0.25, 0.3) is 104 Å². The Morgan fingerprint density at radius 3 is 1.70 bits per heavy atom. The lowest BCUT2D eigenvalue weighted by atomic mass is 9.87. The molecule has 0 aliphatic heterocycles. The van der Waals surface area contributed by atoms with Gasteiger partial charge in [0.15, 0.2) is 0 Å². The van der Waals surface area contributed by atoms with E-state index >= 15 is 0 Å². The third kappa shape index (κ3) is 4.70. The van der Waals surface area contributed by atoms with Gasteiger partial charge in [-0.1, -0.05) is 140 Å². The van der Waals surface area contributed by atoms with Crippen LogP contribution >= 0.6 is 0 Å². The number of pyridine rings is 1. The Morgan fingerprint density at radius 2 is 0.943 bits per heavy atom. The number of hydrogen-bond acceptors (Lipinski definition) is 1. The van der Waals surface area contributed by atoms with Gasteiger partial charge >= 0.3 is 0 Å². The lowest BCUT2D eigenvalue weighted by molar-refractivity contribution is 1.18. The smallest absolute Gasteiger partial charge is 0.0701 e. The molecular weight excluding hydrogens is 641 g/mol. The first-order chi connectivity index (χ1) is 26.3. The van der Waals surface area contributed by atoms with Crippen molar-refractivity contribution in [2.75, 3.05) is 0 Å². The minimum absolute atomic E-state index is 0.988. The number of benzene rings is 9. The zero-order valence-corrected chi connectivity index (χ0v) is 28.9. The maximum Gasteiger partial charge on any atom is 0.0701 e. The molecule has 0 fully saturated rings. The molecule has 0 N–H and O–H groups in total. The Kier molecular flexibility index (Phi) is 6.59. The van der Waals surface area contributed by atoms with Crippen LogP contribution in [0, 0.1) is 0 Å². The summed E-state index contributed by atoms with van der Waals surface area (Å²) in [7, 11) is 0. The molecule has 11 rings (SSSR count). The Labute approximate surface area is 307 Å². The summed E-state index contributed by atoms with van der Waals surface area (Å²) in [5.41, 5.74) is 13.1. The number of para-hydroxylation sites is 2. The first kappa shape index (κ1) is 29.7. The summed E-state index contributed by atoms with van der Waals surface area (Å²) in [6.45, 7) is 0. The van der Waals surface area contributed by atoms with Crippen LogP contribution < -0.4 is 0 Å². The van der Waals surface area contributed by atoms with E-state index in [4.69, 9.17) is 0 Å². The first-order valence-electron chi connectivity index (χ1n) is 18.2. The van der Waals surface area contributed by atoms with Crippen molar-refractivity contribution in [1.29, 1.82) is 0 Å². The molecule has 2 aromatic heterocycles. The quantitative estimate of drug-likeness (QED) is 0.166. The number of hydrogen-bond donors (Lipinski definition) is 0. The van der Waals surface area contributed by atoms with Gasteiger partial charge in [0.2, 0.25) is 0 Å². The van der Waals surface area contributed by atoms with E-state index in [2.05, 4.69) is 185 Å². The van der Waals surface area contributed by atoms with E-state index in [9.17, 15) is 0 Å². The van der Waals surface area contributed by atoms with E-state index in [1.807, 2.05) is 18.3 Å². The Morgan fingerprint density at radius 1 is 0.340 bits per heavy atom. The average Bonchev–Trinajstić information content (AvgIpc) is 3.57. The zero-order chi connectivity index (χ0) is 34.9. The fraction of sp³-hybridized carbons (Fsp3) is 0. The largest absolute Gasteiger partial charge is 0.309 e. The Balaban J connectivity index is 1.03. The van der Waals surface area contributed by atoms with Gasteiger partial charge in [-0.2, -0.15) is 0 Å². The summed E-state index contributed by atoms with van der Waals surface area (Å²) < 4.78 is 2.37. The van der Waals surface area contributed by atoms with E-state index in [0.717, 1.165) is 11.3 Å². The fourth-order valence-electron chi connectivity index (χ4n) is 8.53. The molecule has 2 heterocycles. The molecule has 0 atom stereocenters. The number of nitrogens with zero attached hydrogens (tertiary/aromatic N) is 2. The second kappa shape index (κ2) is 11.8. The van der Waals surface area contributed by atoms with Crippen molar-refractivity contribution in [2.24, 2.45) is 0 Å². The van der Waals surface area contributed by atoms with E-state index < -0.39 is 0 Å². The number of fused-ring (bicyclic) bond motifs is 3. The molecule has 0 saturated heterocycles. The minimum Gasteiger partial charge on any atom is -0.309 e. The highest BCUT2D eigenvalue weighted by Crippen LogP contribution is 2.43. The monoisotopic (exact) mass is 672 g/mol. The molecule has 53 heavy (non-hydrogen) atoms. The maximum atomic E-state index is 4.55. The van der Waals surface area contributed by atoms with Crippen molar-refractivity contribution < 1.29 is 0 Å². The predicted octanol–water partition coefficient (Wildman–Crippen LogP) is 13.7. The molecule has 0 radical (unpaired) electrons. The van der Waals surface area contributed by atoms with E-state index in [-0.39, 0.29) is 0 Å². The Bertz CT molecular complexity index is 3140. The van der Waals surface area contributed by atoms with Crippen molar-refractivity contribution in [3.63, 3.8) is 0 Å². The van der Waals surface area contributed by atoms with Gasteiger partial charge < -0.3 is 4.57 Å². The first-order valence-corrected chi connectivity index (χ1v) is 18.2. The van der Waals surface area contributed by atoms with Crippen LogP contribution in [0.5, 0.6) is 0 Å². The van der Waals surface area contributed by atoms with Crippen LogP contribution in [0.2, 0.25) is 0 Å². The average molecular weight is 673 g/mol. The van der Waals surface area contributed by atoms with Crippen molar-refractivity contribution >= 4 is 54.1 Å². The molecule has 0 spiro atoms. The summed E-state index contributed by atoms with van der Waals surface area (Å²) in [5, 5.41) is 10.3. The molecule has 11 aromatic rings. The third-order valence-corrected chi connectivity index (χ3v) is 11.0. The SMILES string of the molecule is c1ccc(-n2c3ccccc3c3cc(-c4cccc(-c5ccc6ccc7c(-c8ccc(-c9ccccn9)cc8)ccc8ccc5c6c87)c4)ccc32)cc1. The normalized spacial score (nSPS) is 11.8. The summed E-state index contributed by atoms with van der Waals surface area (Å²) in [6.07, 6.45) is 1.85. The maximum absolute atomic E-state index is 4.55. The van der Waals surface area contributed by atoms with Gasteiger partial charge in [-0.05, 0) is 114 Å². The van der Waals surface area contributed by atoms with Gasteiger partial charge in [-0.15, -0.1) is 0 Å². The zero-order valence-electron chi connectivity index (χ0n) is 28.9. The Hall–Kier alpha value is -7.03. The van der Waals surface area contributed by atoms with Gasteiger partial charge in [-0.25, -0.2) is 0 Å². The standard InChI is InChI=1S/C51H32N2/c1-2-11-40(12-3-1)53-48-15-5-4-13-43(48)46-32-38(24-29-49(46)53)37-9-8-10-39(31-37)42-26-21-36-22-27-44-41(25-20-35-23-28-45(42)51(36)50(35)44)33-16-18-34(19-17-33)47-14-6-7-30-52-47/h1-32H. The third-order valence-electron chi connectivity index (χ3n) is 11.0. The topological polar surface area (TPSA) is 17.8 Å². The molecular formula is C51H32N2. The van der Waals surface area contributed by atoms with Gasteiger partial charge in [0.05, 0.1) is 16.7 Å². The lowest BCUT2D eigenvalue weighted by Crippen LogP contribution is -1.92. The molecule has 0 amide bonds. The molecule has 9 aromatic carbocycles. The van der Waals surface area contributed by atoms with Crippen LogP contribution in [0.4, 0.5) is 0 Å². The molecule has 2 nitrogen and oxygen atoms in total. The van der Waals surface area contributed by atoms with Crippen LogP contribution in [0.15, 0.2) is 194 Å². The summed E-state index contributed by atoms with van der Waals surface area (Å²) in [6, 6.07) is 68.6. The predicted molar refractivity (Wildman–Crippen MR) is 224 cm³/mol. The molecule has 246 valence electrons. The van der Waals surface area contributed by atoms with Crippen molar-refractivity contribution in [1.82, 2.24) is 9.55 Å². The molecule has 0 unspecified atom stereocenters. The van der Waals surface area contributed by atoms with Gasteiger partial charge in [0, 0.05) is 28.2 Å². The number of rotatable bonds is 5. The van der Waals surface area contributed by atoms with Crippen LogP contribution in [-0.4, -0.2) is 9.55 Å². The van der Waals surface area contributed by atoms with Crippen LogP contribution in [0.3, 0.4) is 0 Å². The van der Waals surface area contributed by atoms with E-state index in [1.165, 1.54) is 93.2 Å². The molecule has 2 heteroatoms. The molecule has 0 saturated carbocycles. The molecule has 0 aliphatic carbocycles. The second-order valence-corrected chi connectivity index (χ2v) is 13.9. The van der Waals surface area contributed by atoms with E-state index in [0.29, 0.717) is 0 Å². The van der Waals surface area contributed by atoms with Gasteiger partial charge in [0.25, 0.3) is 0 Å². The van der Waals surface area contributed by atoms with Gasteiger partial charge in [0.1, 0.15) is 0 Å². The van der Waals surface area contributed by atoms with Crippen molar-refractivity contribution in [2.45, 2.75) is 0 Å². The second-order valence-electron chi connectivity index (χ2n) is 13.9. The highest BCUT2D eigenvalue weighted by atomic mass is 15.0. The van der Waals surface area contributed by atoms with Crippen LogP contribution in [-0.2, 0) is 0 Å². The summed E-state index contributed by atoms with van der Waals surface area (Å²) in [5.74, 6) is 0. The molecule has 0 bridgehead atoms. The van der Waals surface area contributed by atoms with Gasteiger partial charge in [-0.3, -0.25) is 4.98 Å². The number of aromatic nitrogens is 2. The highest BCUT2D eigenvalue weighted by Gasteiger charge is 2.17. The molecule has 0 aliphatic rings. The minimum atomic E-state index is 0.988. The van der Waals surface area contributed by atoms with Crippen molar-refractivity contribution in [3.05, 3.63) is 194 Å². The lowest BCUT2D eigenvalue weighted by Gasteiger charge is -2.17. The fourth-order valence-corrected chi connectivity index (χ4v) is 8.53. The van der Waals surface area contributed by atoms with Crippen molar-refractivity contribution in [3.8, 4) is 50.3 Å². The highest BCUT2D eigenvalue weighted by molar-refractivity contribution is 6.27. The summed E-state index contributed by atoms with van der Waals surface area (Å²) >= 11 is 0. The van der Waals surface area contributed by atoms with E-state index in [1.54, 1.807) is 0 Å². The van der Waals surface area contributed by atoms with Crippen LogP contribution in [0.1, 0.15) is 0 Å².